The molecule has 1 heterocycles. The fraction of sp³-hybridized carbons (Fsp3) is 0.588. The number of benzene rings is 1. The fourth-order valence-corrected chi connectivity index (χ4v) is 3.76. The Hall–Kier alpha value is -0.888. The van der Waals surface area contributed by atoms with Crippen LogP contribution < -0.4 is 5.73 Å². The minimum atomic E-state index is 0. The Morgan fingerprint density at radius 2 is 1.95 bits per heavy atom. The molecule has 0 saturated heterocycles. The summed E-state index contributed by atoms with van der Waals surface area (Å²) in [5.74, 6) is 0.600. The molecule has 1 aliphatic carbocycles. The molecule has 124 valence electrons. The van der Waals surface area contributed by atoms with E-state index in [4.69, 9.17) is 10.5 Å². The van der Waals surface area contributed by atoms with Crippen molar-refractivity contribution < 1.29 is 30.0 Å². The zero-order valence-electron chi connectivity index (χ0n) is 13.2. The molecule has 22 heavy (non-hydrogen) atoms. The van der Waals surface area contributed by atoms with Gasteiger partial charge in [-0.3, -0.25) is 4.79 Å². The average molecular weight is 395 g/mol. The first kappa shape index (κ1) is 17.5. The Balaban J connectivity index is 0.00000176. The summed E-state index contributed by atoms with van der Waals surface area (Å²) in [5, 5.41) is 0. The Bertz CT molecular complexity index is 554. The molecule has 0 radical (unpaired) electrons. The third kappa shape index (κ3) is 3.08. The van der Waals surface area contributed by atoms with Crippen LogP contribution in [0, 0.1) is 0 Å². The van der Waals surface area contributed by atoms with E-state index in [1.54, 1.807) is 4.90 Å². The summed E-state index contributed by atoms with van der Waals surface area (Å²) in [5.41, 5.74) is 9.85. The summed E-state index contributed by atoms with van der Waals surface area (Å²) >= 11 is 0. The normalized spacial score (nSPS) is 24.1. The smallest absolute Gasteiger partial charge is 0.256 e. The number of nitrogens with two attached hydrogens (primary N) is 1. The van der Waals surface area contributed by atoms with Crippen molar-refractivity contribution >= 4 is 11.6 Å². The van der Waals surface area contributed by atoms with Gasteiger partial charge in [-0.1, -0.05) is 6.07 Å². The SMILES string of the molecule is CCO[C@H]1CC[C@H](c2ccc(N)c3c2CN(C)C3=O)CC1.[Pd]. The van der Waals surface area contributed by atoms with Gasteiger partial charge in [0, 0.05) is 46.3 Å². The molecular formula is C17H24N2O2Pd. The zero-order chi connectivity index (χ0) is 15.0. The van der Waals surface area contributed by atoms with Crippen molar-refractivity contribution in [3.8, 4) is 0 Å². The standard InChI is InChI=1S/C17H24N2O2.Pd/c1-3-21-12-6-4-11(5-7-12)13-8-9-15(18)16-14(13)10-19(2)17(16)20;/h8-9,11-12H,3-7,10,18H2,1-2H3;/t11-,12-;. The molecule has 5 heteroatoms. The first-order valence-corrected chi connectivity index (χ1v) is 7.90. The van der Waals surface area contributed by atoms with Crippen molar-refractivity contribution in [3.05, 3.63) is 28.8 Å². The minimum Gasteiger partial charge on any atom is -0.398 e. The molecule has 0 bridgehead atoms. The maximum Gasteiger partial charge on any atom is 0.256 e. The predicted octanol–water partition coefficient (Wildman–Crippen LogP) is 2.91. The third-order valence-corrected chi connectivity index (χ3v) is 4.85. The van der Waals surface area contributed by atoms with E-state index in [2.05, 4.69) is 13.0 Å². The molecule has 1 aliphatic heterocycles. The zero-order valence-corrected chi connectivity index (χ0v) is 14.8. The molecule has 0 spiro atoms. The van der Waals surface area contributed by atoms with Gasteiger partial charge in [0.1, 0.15) is 0 Å². The number of rotatable bonds is 3. The van der Waals surface area contributed by atoms with Gasteiger partial charge in [-0.25, -0.2) is 0 Å². The monoisotopic (exact) mass is 394 g/mol. The fourth-order valence-electron chi connectivity index (χ4n) is 3.76. The summed E-state index contributed by atoms with van der Waals surface area (Å²) < 4.78 is 5.73. The number of ether oxygens (including phenoxy) is 1. The van der Waals surface area contributed by atoms with Gasteiger partial charge in [-0.2, -0.15) is 0 Å². The molecule has 4 nitrogen and oxygen atoms in total. The molecule has 0 aromatic heterocycles. The van der Waals surface area contributed by atoms with E-state index in [0.717, 1.165) is 43.4 Å². The van der Waals surface area contributed by atoms with Crippen LogP contribution in [0.4, 0.5) is 5.69 Å². The predicted molar refractivity (Wildman–Crippen MR) is 83.3 cm³/mol. The van der Waals surface area contributed by atoms with Crippen LogP contribution in [0.3, 0.4) is 0 Å². The van der Waals surface area contributed by atoms with Crippen molar-refractivity contribution in [3.63, 3.8) is 0 Å². The van der Waals surface area contributed by atoms with Crippen LogP contribution in [0.1, 0.15) is 60.0 Å². The van der Waals surface area contributed by atoms with E-state index in [-0.39, 0.29) is 26.3 Å². The Morgan fingerprint density at radius 3 is 2.59 bits per heavy atom. The summed E-state index contributed by atoms with van der Waals surface area (Å²) in [7, 11) is 1.84. The molecule has 3 rings (SSSR count). The molecular weight excluding hydrogens is 371 g/mol. The second kappa shape index (κ2) is 7.12. The summed E-state index contributed by atoms with van der Waals surface area (Å²) in [4.78, 5) is 14.0. The van der Waals surface area contributed by atoms with Gasteiger partial charge in [0.15, 0.2) is 0 Å². The quantitative estimate of drug-likeness (QED) is 0.633. The van der Waals surface area contributed by atoms with Gasteiger partial charge < -0.3 is 15.4 Å². The molecule has 1 amide bonds. The molecule has 1 fully saturated rings. The van der Waals surface area contributed by atoms with E-state index >= 15 is 0 Å². The number of carbonyl (C=O) groups excluding carboxylic acids is 1. The van der Waals surface area contributed by atoms with Crippen LogP contribution in [0.25, 0.3) is 0 Å². The number of fused-ring (bicyclic) bond motifs is 1. The Kier molecular flexibility index (Phi) is 5.66. The molecule has 2 aliphatic rings. The molecule has 1 aromatic rings. The number of hydrogen-bond donors (Lipinski definition) is 1. The maximum atomic E-state index is 12.2. The maximum absolute atomic E-state index is 12.2. The second-order valence-electron chi connectivity index (χ2n) is 6.19. The van der Waals surface area contributed by atoms with Gasteiger partial charge in [0.2, 0.25) is 0 Å². The van der Waals surface area contributed by atoms with Crippen molar-refractivity contribution in [1.29, 1.82) is 0 Å². The van der Waals surface area contributed by atoms with Crippen LogP contribution >= 0.6 is 0 Å². The number of hydrogen-bond acceptors (Lipinski definition) is 3. The van der Waals surface area contributed by atoms with Gasteiger partial charge >= 0.3 is 0 Å². The van der Waals surface area contributed by atoms with Crippen molar-refractivity contribution in [2.24, 2.45) is 0 Å². The van der Waals surface area contributed by atoms with Crippen molar-refractivity contribution in [1.82, 2.24) is 4.90 Å². The Morgan fingerprint density at radius 1 is 1.27 bits per heavy atom. The largest absolute Gasteiger partial charge is 0.398 e. The van der Waals surface area contributed by atoms with E-state index in [0.29, 0.717) is 24.3 Å². The van der Waals surface area contributed by atoms with Gasteiger partial charge in [0.05, 0.1) is 11.7 Å². The van der Waals surface area contributed by atoms with Crippen LogP contribution in [0.5, 0.6) is 0 Å². The van der Waals surface area contributed by atoms with E-state index < -0.39 is 0 Å². The molecule has 1 saturated carbocycles. The van der Waals surface area contributed by atoms with Crippen LogP contribution in [-0.4, -0.2) is 30.6 Å². The molecule has 0 unspecified atom stereocenters. The number of amides is 1. The first-order chi connectivity index (χ1) is 10.1. The topological polar surface area (TPSA) is 55.6 Å². The molecule has 2 N–H and O–H groups in total. The van der Waals surface area contributed by atoms with Crippen LogP contribution in [0.15, 0.2) is 12.1 Å². The number of nitrogen functional groups attached to an aromatic ring is 1. The minimum absolute atomic E-state index is 0. The third-order valence-electron chi connectivity index (χ3n) is 4.85. The number of nitrogens with zero attached hydrogens (tertiary/aromatic N) is 1. The summed E-state index contributed by atoms with van der Waals surface area (Å²) in [6.45, 7) is 3.55. The number of carbonyl (C=O) groups is 1. The first-order valence-electron chi connectivity index (χ1n) is 7.90. The average Bonchev–Trinajstić information content (AvgIpc) is 2.78. The summed E-state index contributed by atoms with van der Waals surface area (Å²) in [6, 6.07) is 4.03. The van der Waals surface area contributed by atoms with E-state index in [1.165, 1.54) is 5.56 Å². The Labute approximate surface area is 146 Å². The second-order valence-corrected chi connectivity index (χ2v) is 6.19. The van der Waals surface area contributed by atoms with Crippen LogP contribution in [-0.2, 0) is 31.7 Å². The van der Waals surface area contributed by atoms with Crippen molar-refractivity contribution in [2.45, 2.75) is 51.2 Å². The van der Waals surface area contributed by atoms with E-state index in [9.17, 15) is 4.79 Å². The van der Waals surface area contributed by atoms with E-state index in [1.807, 2.05) is 13.1 Å². The summed E-state index contributed by atoms with van der Waals surface area (Å²) in [6.07, 6.45) is 4.91. The number of anilines is 1. The molecule has 0 atom stereocenters. The van der Waals surface area contributed by atoms with Crippen LogP contribution in [0.2, 0.25) is 0 Å². The molecule has 1 aromatic carbocycles. The van der Waals surface area contributed by atoms with Gasteiger partial charge in [0.25, 0.3) is 5.91 Å². The van der Waals surface area contributed by atoms with Gasteiger partial charge in [-0.05, 0) is 55.7 Å². The van der Waals surface area contributed by atoms with Gasteiger partial charge in [-0.15, -0.1) is 0 Å². The van der Waals surface area contributed by atoms with Crippen molar-refractivity contribution in [2.75, 3.05) is 19.4 Å².